The Kier molecular flexibility index (Phi) is 5.26. The molecule has 1 aromatic rings. The number of nitrogens with zero attached hydrogens (tertiary/aromatic N) is 2. The average Bonchev–Trinajstić information content (AvgIpc) is 2.45. The first-order valence-electron chi connectivity index (χ1n) is 8.30. The van der Waals surface area contributed by atoms with Crippen LogP contribution in [0.5, 0.6) is 0 Å². The molecule has 1 aliphatic carbocycles. The van der Waals surface area contributed by atoms with Gasteiger partial charge in [0.05, 0.1) is 0 Å². The molecular weight excluding hydrogens is 258 g/mol. The van der Waals surface area contributed by atoms with Gasteiger partial charge in [0.15, 0.2) is 0 Å². The maximum Gasteiger partial charge on any atom is 0.131 e. The van der Waals surface area contributed by atoms with Gasteiger partial charge in [-0.2, -0.15) is 0 Å². The topological polar surface area (TPSA) is 28.2 Å². The first-order valence-corrected chi connectivity index (χ1v) is 8.30. The number of hydrogen-bond donors (Lipinski definition) is 1. The highest BCUT2D eigenvalue weighted by Crippen LogP contribution is 2.27. The lowest BCUT2D eigenvalue weighted by atomic mass is 9.94. The zero-order valence-electron chi connectivity index (χ0n) is 14.4. The van der Waals surface area contributed by atoms with Crippen LogP contribution < -0.4 is 10.2 Å². The van der Waals surface area contributed by atoms with Gasteiger partial charge in [-0.3, -0.25) is 0 Å². The van der Waals surface area contributed by atoms with Crippen LogP contribution in [0.15, 0.2) is 12.3 Å². The van der Waals surface area contributed by atoms with E-state index in [0.717, 1.165) is 12.4 Å². The summed E-state index contributed by atoms with van der Waals surface area (Å²) < 4.78 is 0. The van der Waals surface area contributed by atoms with Crippen molar-refractivity contribution in [3.63, 3.8) is 0 Å². The summed E-state index contributed by atoms with van der Waals surface area (Å²) >= 11 is 0. The minimum Gasteiger partial charge on any atom is -0.356 e. The van der Waals surface area contributed by atoms with E-state index in [-0.39, 0.29) is 5.54 Å². The van der Waals surface area contributed by atoms with Gasteiger partial charge in [0, 0.05) is 31.4 Å². The van der Waals surface area contributed by atoms with E-state index in [9.17, 15) is 0 Å². The number of hydrogen-bond acceptors (Lipinski definition) is 3. The first kappa shape index (κ1) is 16.3. The van der Waals surface area contributed by atoms with Crippen LogP contribution in [0.25, 0.3) is 0 Å². The van der Waals surface area contributed by atoms with Crippen LogP contribution in [0.3, 0.4) is 0 Å². The Morgan fingerprint density at radius 1 is 1.24 bits per heavy atom. The molecule has 0 aliphatic heterocycles. The maximum atomic E-state index is 4.74. The van der Waals surface area contributed by atoms with E-state index in [1.165, 1.54) is 43.2 Å². The molecule has 1 saturated carbocycles. The fourth-order valence-electron chi connectivity index (χ4n) is 3.10. The summed E-state index contributed by atoms with van der Waals surface area (Å²) in [7, 11) is 2.21. The number of anilines is 1. The van der Waals surface area contributed by atoms with E-state index in [1.54, 1.807) is 0 Å². The molecule has 1 heterocycles. The van der Waals surface area contributed by atoms with Crippen LogP contribution in [-0.2, 0) is 6.54 Å². The summed E-state index contributed by atoms with van der Waals surface area (Å²) in [4.78, 5) is 7.14. The fourth-order valence-corrected chi connectivity index (χ4v) is 3.10. The molecule has 2 rings (SSSR count). The van der Waals surface area contributed by atoms with E-state index in [4.69, 9.17) is 4.98 Å². The summed E-state index contributed by atoms with van der Waals surface area (Å²) in [6.45, 7) is 9.64. The molecule has 0 amide bonds. The standard InChI is InChI=1S/C18H31N3/c1-14-11-15(13-20-18(2,3)4)12-19-17(14)21(5)16-9-7-6-8-10-16/h11-12,16,20H,6-10,13H2,1-5H3. The number of aryl methyl sites for hydroxylation is 1. The molecule has 0 aromatic carbocycles. The summed E-state index contributed by atoms with van der Waals surface area (Å²) in [6, 6.07) is 2.95. The predicted molar refractivity (Wildman–Crippen MR) is 90.8 cm³/mol. The van der Waals surface area contributed by atoms with Crippen molar-refractivity contribution in [3.05, 3.63) is 23.4 Å². The van der Waals surface area contributed by atoms with Crippen LogP contribution in [0.1, 0.15) is 64.0 Å². The van der Waals surface area contributed by atoms with Crippen LogP contribution in [0.2, 0.25) is 0 Å². The number of nitrogens with one attached hydrogen (secondary N) is 1. The van der Waals surface area contributed by atoms with E-state index < -0.39 is 0 Å². The Morgan fingerprint density at radius 3 is 2.48 bits per heavy atom. The minimum atomic E-state index is 0.144. The molecule has 1 aromatic heterocycles. The molecule has 0 saturated heterocycles. The Morgan fingerprint density at radius 2 is 1.90 bits per heavy atom. The maximum absolute atomic E-state index is 4.74. The third-order valence-corrected chi connectivity index (χ3v) is 4.39. The van der Waals surface area contributed by atoms with Crippen molar-refractivity contribution >= 4 is 5.82 Å². The summed E-state index contributed by atoms with van der Waals surface area (Å²) in [5, 5.41) is 3.52. The van der Waals surface area contributed by atoms with Gasteiger partial charge in [-0.05, 0) is 57.7 Å². The molecule has 3 nitrogen and oxygen atoms in total. The molecule has 0 atom stereocenters. The molecular formula is C18H31N3. The Bertz CT molecular complexity index is 456. The van der Waals surface area contributed by atoms with E-state index in [2.05, 4.69) is 51.0 Å². The Balaban J connectivity index is 2.04. The lowest BCUT2D eigenvalue weighted by Crippen LogP contribution is -2.35. The van der Waals surface area contributed by atoms with Gasteiger partial charge < -0.3 is 10.2 Å². The van der Waals surface area contributed by atoms with Crippen LogP contribution in [0, 0.1) is 6.92 Å². The third kappa shape index (κ3) is 4.70. The van der Waals surface area contributed by atoms with Crippen molar-refractivity contribution in [1.29, 1.82) is 0 Å². The van der Waals surface area contributed by atoms with Crippen molar-refractivity contribution in [1.82, 2.24) is 10.3 Å². The van der Waals surface area contributed by atoms with Gasteiger partial charge in [-0.1, -0.05) is 19.3 Å². The Labute approximate surface area is 130 Å². The van der Waals surface area contributed by atoms with Gasteiger partial charge in [0.25, 0.3) is 0 Å². The summed E-state index contributed by atoms with van der Waals surface area (Å²) in [5.74, 6) is 1.15. The van der Waals surface area contributed by atoms with E-state index in [1.807, 2.05) is 6.20 Å². The predicted octanol–water partition coefficient (Wildman–Crippen LogP) is 4.05. The monoisotopic (exact) mass is 289 g/mol. The molecule has 21 heavy (non-hydrogen) atoms. The van der Waals surface area contributed by atoms with Crippen LogP contribution in [-0.4, -0.2) is 23.6 Å². The SMILES string of the molecule is Cc1cc(CNC(C)(C)C)cnc1N(C)C1CCCCC1. The summed E-state index contributed by atoms with van der Waals surface area (Å²) in [5.41, 5.74) is 2.70. The highest BCUT2D eigenvalue weighted by molar-refractivity contribution is 5.47. The van der Waals surface area contributed by atoms with Gasteiger partial charge in [-0.15, -0.1) is 0 Å². The largest absolute Gasteiger partial charge is 0.356 e. The van der Waals surface area contributed by atoms with Gasteiger partial charge in [0.1, 0.15) is 5.82 Å². The lowest BCUT2D eigenvalue weighted by Gasteiger charge is -2.33. The average molecular weight is 289 g/mol. The molecule has 3 heteroatoms. The second-order valence-electron chi connectivity index (χ2n) is 7.49. The van der Waals surface area contributed by atoms with Gasteiger partial charge in [-0.25, -0.2) is 4.98 Å². The number of aromatic nitrogens is 1. The molecule has 1 N–H and O–H groups in total. The van der Waals surface area contributed by atoms with Gasteiger partial charge >= 0.3 is 0 Å². The van der Waals surface area contributed by atoms with Crippen LogP contribution in [0.4, 0.5) is 5.82 Å². The number of pyridine rings is 1. The quantitative estimate of drug-likeness (QED) is 0.906. The number of rotatable bonds is 4. The molecule has 1 fully saturated rings. The van der Waals surface area contributed by atoms with Crippen molar-refractivity contribution in [2.45, 2.75) is 77.9 Å². The smallest absolute Gasteiger partial charge is 0.131 e. The zero-order chi connectivity index (χ0) is 15.5. The molecule has 0 spiro atoms. The third-order valence-electron chi connectivity index (χ3n) is 4.39. The summed E-state index contributed by atoms with van der Waals surface area (Å²) in [6.07, 6.45) is 8.77. The highest BCUT2D eigenvalue weighted by Gasteiger charge is 2.20. The molecule has 0 bridgehead atoms. The van der Waals surface area contributed by atoms with Gasteiger partial charge in [0.2, 0.25) is 0 Å². The molecule has 1 aliphatic rings. The first-order chi connectivity index (χ1) is 9.87. The Hall–Kier alpha value is -1.09. The molecule has 0 radical (unpaired) electrons. The van der Waals surface area contributed by atoms with E-state index >= 15 is 0 Å². The fraction of sp³-hybridized carbons (Fsp3) is 0.722. The normalized spacial score (nSPS) is 17.0. The van der Waals surface area contributed by atoms with Crippen LogP contribution >= 0.6 is 0 Å². The van der Waals surface area contributed by atoms with Crippen molar-refractivity contribution in [2.24, 2.45) is 0 Å². The van der Waals surface area contributed by atoms with Crippen molar-refractivity contribution in [2.75, 3.05) is 11.9 Å². The lowest BCUT2D eigenvalue weighted by molar-refractivity contribution is 0.422. The molecule has 0 unspecified atom stereocenters. The van der Waals surface area contributed by atoms with Crippen molar-refractivity contribution in [3.8, 4) is 0 Å². The highest BCUT2D eigenvalue weighted by atomic mass is 15.2. The van der Waals surface area contributed by atoms with Crippen molar-refractivity contribution < 1.29 is 0 Å². The zero-order valence-corrected chi connectivity index (χ0v) is 14.4. The second-order valence-corrected chi connectivity index (χ2v) is 7.49. The molecule has 118 valence electrons. The second kappa shape index (κ2) is 6.78. The minimum absolute atomic E-state index is 0.144. The van der Waals surface area contributed by atoms with E-state index in [0.29, 0.717) is 6.04 Å².